The zero-order valence-corrected chi connectivity index (χ0v) is 25.4. The van der Waals surface area contributed by atoms with Crippen molar-refractivity contribution in [2.75, 3.05) is 49.5 Å². The van der Waals surface area contributed by atoms with E-state index in [4.69, 9.17) is 0 Å². The first-order chi connectivity index (χ1) is 19.8. The van der Waals surface area contributed by atoms with Crippen LogP contribution in [-0.4, -0.2) is 87.5 Å². The van der Waals surface area contributed by atoms with Gasteiger partial charge in [0.1, 0.15) is 10.7 Å². The highest BCUT2D eigenvalue weighted by molar-refractivity contribution is 7.99. The van der Waals surface area contributed by atoms with Gasteiger partial charge in [0.2, 0.25) is 5.95 Å². The van der Waals surface area contributed by atoms with Crippen LogP contribution in [0, 0.1) is 0 Å². The quantitative estimate of drug-likeness (QED) is 0.252. The molecule has 0 amide bonds. The highest BCUT2D eigenvalue weighted by Crippen LogP contribution is 2.37. The average Bonchev–Trinajstić information content (AvgIpc) is 3.13. The number of aromatic nitrogens is 3. The van der Waals surface area contributed by atoms with E-state index in [1.54, 1.807) is 4.57 Å². The second kappa shape index (κ2) is 13.2. The number of nitrogens with zero attached hydrogens (tertiary/aromatic N) is 4. The normalized spacial score (nSPS) is 15.2. The van der Waals surface area contributed by atoms with Gasteiger partial charge < -0.3 is 15.5 Å². The zero-order valence-electron chi connectivity index (χ0n) is 22.9. The lowest BCUT2D eigenvalue weighted by molar-refractivity contribution is -0.0435. The van der Waals surface area contributed by atoms with Gasteiger partial charge in [-0.05, 0) is 57.4 Å². The Balaban J connectivity index is 1.68. The molecule has 230 valence electrons. The second-order valence-corrected chi connectivity index (χ2v) is 14.5. The van der Waals surface area contributed by atoms with Gasteiger partial charge in [-0.15, -0.1) is 22.0 Å². The van der Waals surface area contributed by atoms with Crippen molar-refractivity contribution < 1.29 is 30.0 Å². The van der Waals surface area contributed by atoms with E-state index in [0.717, 1.165) is 17.0 Å². The van der Waals surface area contributed by atoms with Crippen LogP contribution >= 0.6 is 11.8 Å². The molecule has 11 nitrogen and oxygen atoms in total. The van der Waals surface area contributed by atoms with Crippen LogP contribution in [-0.2, 0) is 32.8 Å². The summed E-state index contributed by atoms with van der Waals surface area (Å²) in [7, 11) is -6.77. The molecule has 0 radical (unpaired) electrons. The largest absolute Gasteiger partial charge is 0.501 e. The Labute approximate surface area is 247 Å². The highest BCUT2D eigenvalue weighted by atomic mass is 32.2. The maximum absolute atomic E-state index is 13.8. The predicted octanol–water partition coefficient (Wildman–Crippen LogP) is 3.04. The Bertz CT molecular complexity index is 1580. The Hall–Kier alpha value is -2.86. The summed E-state index contributed by atoms with van der Waals surface area (Å²) in [6.45, 7) is 2.10. The van der Waals surface area contributed by atoms with E-state index in [2.05, 4.69) is 25.6 Å². The molecule has 4 rings (SSSR count). The maximum Gasteiger partial charge on any atom is 0.501 e. The van der Waals surface area contributed by atoms with Gasteiger partial charge in [-0.2, -0.15) is 13.2 Å². The van der Waals surface area contributed by atoms with Gasteiger partial charge in [-0.3, -0.25) is 4.57 Å². The standard InChI is InChI=1S/C25H32F3N7O4S3/c1-34(2)14-11-18(17-40-19-6-4-3-5-7-19)30-21-9-8-20(16-22(21)41(36,37)25(26,27)28)42(38,39)33-24-32-31-23-10-12-29-13-15-35(23)24/h3-9,16,18,29-30H,10-15,17H2,1-2H3,(H,32,33)/t18-/m1/s1. The third kappa shape index (κ3) is 7.75. The molecule has 1 aromatic heterocycles. The van der Waals surface area contributed by atoms with Gasteiger partial charge in [-0.25, -0.2) is 21.6 Å². The van der Waals surface area contributed by atoms with Crippen molar-refractivity contribution in [1.82, 2.24) is 25.0 Å². The van der Waals surface area contributed by atoms with E-state index in [0.29, 0.717) is 56.7 Å². The molecular weight excluding hydrogens is 616 g/mol. The van der Waals surface area contributed by atoms with E-state index in [9.17, 15) is 30.0 Å². The minimum Gasteiger partial charge on any atom is -0.380 e. The number of nitrogens with one attached hydrogen (secondary N) is 3. The van der Waals surface area contributed by atoms with Crippen LogP contribution in [0.5, 0.6) is 0 Å². The smallest absolute Gasteiger partial charge is 0.380 e. The molecule has 17 heteroatoms. The fourth-order valence-corrected chi connectivity index (χ4v) is 7.25. The van der Waals surface area contributed by atoms with Gasteiger partial charge in [0.05, 0.1) is 10.6 Å². The monoisotopic (exact) mass is 647 g/mol. The third-order valence-corrected chi connectivity index (χ3v) is 10.5. The Morgan fingerprint density at radius 3 is 2.50 bits per heavy atom. The summed E-state index contributed by atoms with van der Waals surface area (Å²) in [6, 6.07) is 11.6. The molecule has 0 unspecified atom stereocenters. The number of anilines is 2. The lowest BCUT2D eigenvalue weighted by Crippen LogP contribution is -2.30. The van der Waals surface area contributed by atoms with Gasteiger partial charge in [0, 0.05) is 42.7 Å². The summed E-state index contributed by atoms with van der Waals surface area (Å²) >= 11 is 1.46. The first-order valence-electron chi connectivity index (χ1n) is 13.0. The third-order valence-electron chi connectivity index (χ3n) is 6.43. The Kier molecular flexibility index (Phi) is 10.1. The van der Waals surface area contributed by atoms with Crippen molar-refractivity contribution in [1.29, 1.82) is 0 Å². The van der Waals surface area contributed by atoms with Crippen molar-refractivity contribution in [2.45, 2.75) is 45.6 Å². The first kappa shape index (κ1) is 32.1. The summed E-state index contributed by atoms with van der Waals surface area (Å²) < 4.78 is 97.1. The molecule has 0 spiro atoms. The fourth-order valence-electron chi connectivity index (χ4n) is 4.21. The van der Waals surface area contributed by atoms with Crippen LogP contribution < -0.4 is 15.4 Å². The molecule has 1 aliphatic rings. The van der Waals surface area contributed by atoms with Gasteiger partial charge in [0.15, 0.2) is 0 Å². The second-order valence-electron chi connectivity index (χ2n) is 9.86. The highest BCUT2D eigenvalue weighted by Gasteiger charge is 2.48. The van der Waals surface area contributed by atoms with Crippen LogP contribution in [0.1, 0.15) is 12.2 Å². The lowest BCUT2D eigenvalue weighted by atomic mass is 10.2. The Morgan fingerprint density at radius 1 is 1.07 bits per heavy atom. The molecule has 0 saturated carbocycles. The number of alkyl halides is 3. The van der Waals surface area contributed by atoms with Crippen molar-refractivity contribution in [2.24, 2.45) is 0 Å². The summed E-state index contributed by atoms with van der Waals surface area (Å²) in [5.41, 5.74) is -6.00. The van der Waals surface area contributed by atoms with Gasteiger partial charge in [-0.1, -0.05) is 18.2 Å². The van der Waals surface area contributed by atoms with Gasteiger partial charge >= 0.3 is 5.51 Å². The van der Waals surface area contributed by atoms with E-state index in [1.165, 1.54) is 11.8 Å². The number of rotatable bonds is 12. The molecule has 42 heavy (non-hydrogen) atoms. The number of hydrogen-bond donors (Lipinski definition) is 3. The van der Waals surface area contributed by atoms with Crippen LogP contribution in [0.2, 0.25) is 0 Å². The van der Waals surface area contributed by atoms with E-state index < -0.39 is 41.2 Å². The molecular formula is C25H32F3N7O4S3. The molecule has 0 bridgehead atoms. The van der Waals surface area contributed by atoms with Crippen molar-refractivity contribution in [3.8, 4) is 0 Å². The number of thioether (sulfide) groups is 1. The van der Waals surface area contributed by atoms with E-state index >= 15 is 0 Å². The predicted molar refractivity (Wildman–Crippen MR) is 155 cm³/mol. The number of sulfonamides is 1. The molecule has 3 aromatic rings. The number of sulfone groups is 1. The molecule has 0 saturated heterocycles. The molecule has 2 aromatic carbocycles. The molecule has 1 aliphatic heterocycles. The van der Waals surface area contributed by atoms with Crippen LogP contribution in [0.25, 0.3) is 0 Å². The van der Waals surface area contributed by atoms with Crippen LogP contribution in [0.3, 0.4) is 0 Å². The number of hydrogen-bond acceptors (Lipinski definition) is 10. The molecule has 0 aliphatic carbocycles. The number of benzene rings is 2. The van der Waals surface area contributed by atoms with E-state index in [1.807, 2.05) is 49.3 Å². The minimum absolute atomic E-state index is 0.113. The Morgan fingerprint density at radius 2 is 1.81 bits per heavy atom. The summed E-state index contributed by atoms with van der Waals surface area (Å²) in [6.07, 6.45) is 0.980. The van der Waals surface area contributed by atoms with Crippen molar-refractivity contribution in [3.63, 3.8) is 0 Å². The zero-order chi connectivity index (χ0) is 30.5. The SMILES string of the molecule is CN(C)CC[C@H](CSc1ccccc1)Nc1ccc(S(=O)(=O)Nc2nnc3n2CCNCC3)cc1S(=O)(=O)C(F)(F)F. The van der Waals surface area contributed by atoms with Gasteiger partial charge in [0.25, 0.3) is 19.9 Å². The number of fused-ring (bicyclic) bond motifs is 1. The molecule has 3 N–H and O–H groups in total. The molecule has 0 fully saturated rings. The lowest BCUT2D eigenvalue weighted by Gasteiger charge is -2.24. The van der Waals surface area contributed by atoms with E-state index in [-0.39, 0.29) is 11.6 Å². The fraction of sp³-hybridized carbons (Fsp3) is 0.440. The molecule has 1 atom stereocenters. The van der Waals surface area contributed by atoms with Crippen LogP contribution in [0.4, 0.5) is 24.8 Å². The van der Waals surface area contributed by atoms with Crippen LogP contribution in [0.15, 0.2) is 63.2 Å². The topological polar surface area (TPSA) is 138 Å². The summed E-state index contributed by atoms with van der Waals surface area (Å²) in [5.74, 6) is 0.838. The first-order valence-corrected chi connectivity index (χ1v) is 16.9. The van der Waals surface area contributed by atoms with Crippen molar-refractivity contribution >= 4 is 43.3 Å². The summed E-state index contributed by atoms with van der Waals surface area (Å²) in [4.78, 5) is 0.995. The molecule has 2 heterocycles. The summed E-state index contributed by atoms with van der Waals surface area (Å²) in [5, 5.41) is 14.0. The minimum atomic E-state index is -5.93. The maximum atomic E-state index is 13.8. The number of halogens is 3. The van der Waals surface area contributed by atoms with Crippen molar-refractivity contribution in [3.05, 3.63) is 54.4 Å². The average molecular weight is 648 g/mol.